The second kappa shape index (κ2) is 5.70. The third-order valence-electron chi connectivity index (χ3n) is 3.43. The van der Waals surface area contributed by atoms with Crippen LogP contribution >= 0.6 is 11.3 Å². The Morgan fingerprint density at radius 2 is 2.37 bits per heavy atom. The lowest BCUT2D eigenvalue weighted by molar-refractivity contribution is -0.117. The van der Waals surface area contributed by atoms with Crippen molar-refractivity contribution in [1.82, 2.24) is 4.90 Å². The van der Waals surface area contributed by atoms with E-state index in [0.29, 0.717) is 17.1 Å². The van der Waals surface area contributed by atoms with Crippen molar-refractivity contribution < 1.29 is 4.79 Å². The molecule has 2 rings (SSSR count). The zero-order chi connectivity index (χ0) is 14.0. The van der Waals surface area contributed by atoms with Gasteiger partial charge in [-0.2, -0.15) is 5.26 Å². The summed E-state index contributed by atoms with van der Waals surface area (Å²) in [5, 5.41) is 12.6. The number of nitrogens with two attached hydrogens (primary N) is 1. The molecule has 1 saturated heterocycles. The van der Waals surface area contributed by atoms with Crippen molar-refractivity contribution in [2.24, 2.45) is 5.73 Å². The van der Waals surface area contributed by atoms with E-state index >= 15 is 0 Å². The number of nitrogens with one attached hydrogen (secondary N) is 1. The minimum Gasteiger partial charge on any atom is -0.326 e. The third kappa shape index (κ3) is 3.13. The Hall–Kier alpha value is -1.42. The molecule has 1 aromatic rings. The minimum absolute atomic E-state index is 0.0770. The highest BCUT2D eigenvalue weighted by molar-refractivity contribution is 7.16. The first-order valence-electron chi connectivity index (χ1n) is 6.29. The summed E-state index contributed by atoms with van der Waals surface area (Å²) in [5.74, 6) is -0.0770. The van der Waals surface area contributed by atoms with Gasteiger partial charge in [-0.1, -0.05) is 0 Å². The van der Waals surface area contributed by atoms with E-state index in [0.717, 1.165) is 30.0 Å². The number of carbonyl (C=O) groups excluding carboxylic acids is 1. The summed E-state index contributed by atoms with van der Waals surface area (Å²) in [5.41, 5.74) is 7.34. The van der Waals surface area contributed by atoms with E-state index in [9.17, 15) is 4.79 Å². The van der Waals surface area contributed by atoms with Crippen LogP contribution in [0, 0.1) is 25.2 Å². The highest BCUT2D eigenvalue weighted by atomic mass is 32.1. The van der Waals surface area contributed by atoms with Gasteiger partial charge >= 0.3 is 0 Å². The van der Waals surface area contributed by atoms with Crippen molar-refractivity contribution in [3.05, 3.63) is 16.0 Å². The molecule has 0 spiro atoms. The Balaban J connectivity index is 2.00. The molecule has 5 nitrogen and oxygen atoms in total. The number of likely N-dealkylation sites (tertiary alicyclic amines) is 1. The number of anilines is 1. The zero-order valence-corrected chi connectivity index (χ0v) is 12.0. The first kappa shape index (κ1) is 14.0. The van der Waals surface area contributed by atoms with Crippen LogP contribution in [-0.4, -0.2) is 36.5 Å². The Morgan fingerprint density at radius 1 is 1.63 bits per heavy atom. The Morgan fingerprint density at radius 3 is 2.95 bits per heavy atom. The van der Waals surface area contributed by atoms with Gasteiger partial charge in [-0.15, -0.1) is 11.3 Å². The minimum atomic E-state index is -0.0770. The Kier molecular flexibility index (Phi) is 4.20. The molecule has 1 aliphatic heterocycles. The van der Waals surface area contributed by atoms with Gasteiger partial charge in [0.25, 0.3) is 0 Å². The van der Waals surface area contributed by atoms with Crippen molar-refractivity contribution >= 4 is 22.2 Å². The molecule has 0 unspecified atom stereocenters. The first-order chi connectivity index (χ1) is 9.01. The lowest BCUT2D eigenvalue weighted by Crippen LogP contribution is -2.33. The molecule has 2 heterocycles. The summed E-state index contributed by atoms with van der Waals surface area (Å²) in [6.07, 6.45) is 0.938. The van der Waals surface area contributed by atoms with Gasteiger partial charge in [-0.3, -0.25) is 9.69 Å². The van der Waals surface area contributed by atoms with E-state index in [-0.39, 0.29) is 11.9 Å². The van der Waals surface area contributed by atoms with E-state index in [1.165, 1.54) is 11.3 Å². The molecule has 0 aliphatic carbocycles. The van der Waals surface area contributed by atoms with Crippen LogP contribution in [0.1, 0.15) is 22.4 Å². The number of carbonyl (C=O) groups is 1. The van der Waals surface area contributed by atoms with Crippen molar-refractivity contribution in [2.45, 2.75) is 26.3 Å². The molecule has 1 amide bonds. The van der Waals surface area contributed by atoms with Gasteiger partial charge in [0.2, 0.25) is 5.91 Å². The third-order valence-corrected chi connectivity index (χ3v) is 4.55. The maximum atomic E-state index is 12.0. The molecule has 6 heteroatoms. The van der Waals surface area contributed by atoms with Crippen molar-refractivity contribution in [3.63, 3.8) is 0 Å². The highest BCUT2D eigenvalue weighted by Crippen LogP contribution is 2.31. The maximum absolute atomic E-state index is 12.0. The van der Waals surface area contributed by atoms with Crippen LogP contribution in [0.25, 0.3) is 0 Å². The van der Waals surface area contributed by atoms with E-state index in [4.69, 9.17) is 11.0 Å². The molecule has 1 fully saturated rings. The van der Waals surface area contributed by atoms with E-state index in [2.05, 4.69) is 11.4 Å². The fourth-order valence-corrected chi connectivity index (χ4v) is 3.25. The molecular formula is C13H18N4OS. The van der Waals surface area contributed by atoms with Gasteiger partial charge in [-0.05, 0) is 25.8 Å². The summed E-state index contributed by atoms with van der Waals surface area (Å²) >= 11 is 1.45. The normalized spacial score (nSPS) is 19.4. The van der Waals surface area contributed by atoms with Crippen LogP contribution in [0.2, 0.25) is 0 Å². The summed E-state index contributed by atoms with van der Waals surface area (Å²) in [6, 6.07) is 2.33. The molecule has 0 radical (unpaired) electrons. The predicted molar refractivity (Wildman–Crippen MR) is 76.2 cm³/mol. The number of amides is 1. The predicted octanol–water partition coefficient (Wildman–Crippen LogP) is 1.21. The number of nitrogens with zero attached hydrogens (tertiary/aromatic N) is 2. The molecule has 0 saturated carbocycles. The van der Waals surface area contributed by atoms with E-state index in [1.807, 2.05) is 18.7 Å². The average molecular weight is 278 g/mol. The van der Waals surface area contributed by atoms with Crippen LogP contribution in [-0.2, 0) is 4.79 Å². The Labute approximate surface area is 117 Å². The molecule has 0 bridgehead atoms. The lowest BCUT2D eigenvalue weighted by atomic mass is 10.2. The topological polar surface area (TPSA) is 82.2 Å². The van der Waals surface area contributed by atoms with Crippen LogP contribution in [0.3, 0.4) is 0 Å². The quantitative estimate of drug-likeness (QED) is 0.870. The fourth-order valence-electron chi connectivity index (χ4n) is 2.23. The second-order valence-electron chi connectivity index (χ2n) is 4.93. The van der Waals surface area contributed by atoms with Gasteiger partial charge < -0.3 is 11.1 Å². The first-order valence-corrected chi connectivity index (χ1v) is 7.10. The van der Waals surface area contributed by atoms with E-state index in [1.54, 1.807) is 0 Å². The number of hydrogen-bond acceptors (Lipinski definition) is 5. The summed E-state index contributed by atoms with van der Waals surface area (Å²) in [7, 11) is 0. The fraction of sp³-hybridized carbons (Fsp3) is 0.538. The smallest absolute Gasteiger partial charge is 0.239 e. The molecule has 1 aliphatic rings. The SMILES string of the molecule is Cc1sc(NC(=O)CN2CC[C@@H](N)C2)c(C#N)c1C. The standard InChI is InChI=1S/C13H18N4OS/c1-8-9(2)19-13(11(8)5-14)16-12(18)7-17-4-3-10(15)6-17/h10H,3-4,6-7,15H2,1-2H3,(H,16,18)/t10-/m1/s1. The zero-order valence-electron chi connectivity index (χ0n) is 11.2. The van der Waals surface area contributed by atoms with Gasteiger partial charge in [0, 0.05) is 24.0 Å². The summed E-state index contributed by atoms with van der Waals surface area (Å²) in [6.45, 7) is 5.83. The van der Waals surface area contributed by atoms with Crippen LogP contribution in [0.5, 0.6) is 0 Å². The molecule has 0 aromatic carbocycles. The van der Waals surface area contributed by atoms with Gasteiger partial charge in [0.15, 0.2) is 0 Å². The number of nitriles is 1. The summed E-state index contributed by atoms with van der Waals surface area (Å²) in [4.78, 5) is 15.1. The number of rotatable bonds is 3. The summed E-state index contributed by atoms with van der Waals surface area (Å²) < 4.78 is 0. The van der Waals surface area contributed by atoms with Crippen molar-refractivity contribution in [3.8, 4) is 6.07 Å². The molecule has 3 N–H and O–H groups in total. The molecule has 1 aromatic heterocycles. The number of hydrogen-bond donors (Lipinski definition) is 2. The number of aryl methyl sites for hydroxylation is 1. The maximum Gasteiger partial charge on any atom is 0.239 e. The lowest BCUT2D eigenvalue weighted by Gasteiger charge is -2.14. The second-order valence-corrected chi connectivity index (χ2v) is 6.16. The van der Waals surface area contributed by atoms with Crippen LogP contribution < -0.4 is 11.1 Å². The van der Waals surface area contributed by atoms with E-state index < -0.39 is 0 Å². The average Bonchev–Trinajstić information content (AvgIpc) is 2.85. The number of thiophene rings is 1. The van der Waals surface area contributed by atoms with Gasteiger partial charge in [-0.25, -0.2) is 0 Å². The largest absolute Gasteiger partial charge is 0.326 e. The molecule has 19 heavy (non-hydrogen) atoms. The Bertz CT molecular complexity index is 531. The van der Waals surface area contributed by atoms with Crippen LogP contribution in [0.4, 0.5) is 5.00 Å². The van der Waals surface area contributed by atoms with Crippen molar-refractivity contribution in [1.29, 1.82) is 5.26 Å². The van der Waals surface area contributed by atoms with Crippen LogP contribution in [0.15, 0.2) is 0 Å². The highest BCUT2D eigenvalue weighted by Gasteiger charge is 2.22. The van der Waals surface area contributed by atoms with Gasteiger partial charge in [0.05, 0.1) is 12.1 Å². The molecule has 102 valence electrons. The molecular weight excluding hydrogens is 260 g/mol. The monoisotopic (exact) mass is 278 g/mol. The van der Waals surface area contributed by atoms with Crippen molar-refractivity contribution in [2.75, 3.05) is 25.0 Å². The molecule has 1 atom stereocenters. The van der Waals surface area contributed by atoms with Gasteiger partial charge in [0.1, 0.15) is 11.1 Å².